The smallest absolute Gasteiger partial charge is 0.263 e. The van der Waals surface area contributed by atoms with Crippen LogP contribution in [0, 0.1) is 17.1 Å². The van der Waals surface area contributed by atoms with Crippen LogP contribution < -0.4 is 16.6 Å². The predicted octanol–water partition coefficient (Wildman–Crippen LogP) is 3.72. The van der Waals surface area contributed by atoms with Crippen LogP contribution in [0.15, 0.2) is 64.3 Å². The van der Waals surface area contributed by atoms with Gasteiger partial charge in [-0.25, -0.2) is 14.4 Å². The highest BCUT2D eigenvalue weighted by atomic mass is 79.9. The lowest BCUT2D eigenvalue weighted by Gasteiger charge is -2.16. The number of pyridine rings is 2. The van der Waals surface area contributed by atoms with Crippen LogP contribution in [0.3, 0.4) is 0 Å². The van der Waals surface area contributed by atoms with Crippen molar-refractivity contribution in [1.82, 2.24) is 14.4 Å². The molecule has 4 rings (SSSR count). The number of nitrogens with two attached hydrogens (primary N) is 1. The molecule has 0 fully saturated rings. The molecule has 148 valence electrons. The molecule has 0 atom stereocenters. The summed E-state index contributed by atoms with van der Waals surface area (Å²) in [5.41, 5.74) is 7.75. The van der Waals surface area contributed by atoms with E-state index < -0.39 is 5.82 Å². The molecule has 0 aliphatic carbocycles. The number of nitrogen functional groups attached to an aromatic ring is 1. The quantitative estimate of drug-likeness (QED) is 0.476. The van der Waals surface area contributed by atoms with Crippen LogP contribution in [0.25, 0.3) is 16.6 Å². The summed E-state index contributed by atoms with van der Waals surface area (Å²) in [5.74, 6) is -0.196. The van der Waals surface area contributed by atoms with E-state index in [1.54, 1.807) is 0 Å². The Morgan fingerprint density at radius 2 is 1.97 bits per heavy atom. The first-order valence-corrected chi connectivity index (χ1v) is 9.62. The summed E-state index contributed by atoms with van der Waals surface area (Å²) in [4.78, 5) is 21.2. The van der Waals surface area contributed by atoms with E-state index in [1.165, 1.54) is 22.9 Å². The van der Waals surface area contributed by atoms with E-state index in [0.29, 0.717) is 26.7 Å². The van der Waals surface area contributed by atoms with E-state index in [9.17, 15) is 14.4 Å². The van der Waals surface area contributed by atoms with Gasteiger partial charge in [0.2, 0.25) is 0 Å². The Labute approximate surface area is 178 Å². The van der Waals surface area contributed by atoms with Gasteiger partial charge >= 0.3 is 0 Å². The topological polar surface area (TPSA) is 109 Å². The van der Waals surface area contributed by atoms with E-state index in [-0.39, 0.29) is 29.3 Å². The molecule has 0 saturated carbocycles. The maximum absolute atomic E-state index is 13.8. The second-order valence-electron chi connectivity index (χ2n) is 6.39. The van der Waals surface area contributed by atoms with Gasteiger partial charge in [-0.05, 0) is 33.6 Å². The number of halogens is 2. The molecule has 7 nitrogen and oxygen atoms in total. The van der Waals surface area contributed by atoms with Gasteiger partial charge in [0.15, 0.2) is 0 Å². The van der Waals surface area contributed by atoms with Gasteiger partial charge in [0.1, 0.15) is 35.4 Å². The van der Waals surface area contributed by atoms with Crippen molar-refractivity contribution in [2.45, 2.75) is 6.54 Å². The van der Waals surface area contributed by atoms with Crippen molar-refractivity contribution in [2.24, 2.45) is 0 Å². The largest absolute Gasteiger partial charge is 0.382 e. The highest BCUT2D eigenvalue weighted by Crippen LogP contribution is 2.31. The molecule has 0 bridgehead atoms. The average Bonchev–Trinajstić information content (AvgIpc) is 2.75. The SMILES string of the molecule is N#Cc1c(N)ncnc1NCc1c(-c2ccccc2)c(=O)n2cc(F)ccc2c1Br. The van der Waals surface area contributed by atoms with Gasteiger partial charge in [0.05, 0.1) is 11.1 Å². The number of hydrogen-bond acceptors (Lipinski definition) is 6. The van der Waals surface area contributed by atoms with Crippen molar-refractivity contribution in [3.05, 3.63) is 86.8 Å². The number of nitrogens with one attached hydrogen (secondary N) is 1. The fourth-order valence-electron chi connectivity index (χ4n) is 3.22. The molecule has 3 aromatic heterocycles. The van der Waals surface area contributed by atoms with Crippen LogP contribution in [0.1, 0.15) is 11.1 Å². The third-order valence-electron chi connectivity index (χ3n) is 4.62. The third kappa shape index (κ3) is 3.38. The second kappa shape index (κ2) is 7.93. The fraction of sp³-hybridized carbons (Fsp3) is 0.0476. The monoisotopic (exact) mass is 464 g/mol. The van der Waals surface area contributed by atoms with Crippen LogP contribution in [0.5, 0.6) is 0 Å². The lowest BCUT2D eigenvalue weighted by Crippen LogP contribution is -2.21. The van der Waals surface area contributed by atoms with Crippen LogP contribution >= 0.6 is 15.9 Å². The lowest BCUT2D eigenvalue weighted by atomic mass is 10.0. The fourth-order valence-corrected chi connectivity index (χ4v) is 3.88. The minimum absolute atomic E-state index is 0.0615. The molecule has 4 aromatic rings. The van der Waals surface area contributed by atoms with Crippen LogP contribution in [-0.2, 0) is 6.54 Å². The highest BCUT2D eigenvalue weighted by molar-refractivity contribution is 9.10. The Morgan fingerprint density at radius 1 is 1.20 bits per heavy atom. The van der Waals surface area contributed by atoms with E-state index in [2.05, 4.69) is 31.2 Å². The molecule has 0 radical (unpaired) electrons. The van der Waals surface area contributed by atoms with Crippen LogP contribution in [0.4, 0.5) is 16.0 Å². The Morgan fingerprint density at radius 3 is 2.70 bits per heavy atom. The van der Waals surface area contributed by atoms with Gasteiger partial charge in [-0.1, -0.05) is 30.3 Å². The zero-order valence-corrected chi connectivity index (χ0v) is 17.0. The second-order valence-corrected chi connectivity index (χ2v) is 7.18. The van der Waals surface area contributed by atoms with E-state index in [1.807, 2.05) is 36.4 Å². The predicted molar refractivity (Wildman–Crippen MR) is 115 cm³/mol. The number of nitriles is 1. The Hall–Kier alpha value is -3.77. The molecular formula is C21H14BrFN6O. The Kier molecular flexibility index (Phi) is 5.16. The molecule has 9 heteroatoms. The molecule has 0 amide bonds. The number of rotatable bonds is 4. The molecule has 0 saturated heterocycles. The molecule has 3 N–H and O–H groups in total. The average molecular weight is 465 g/mol. The summed E-state index contributed by atoms with van der Waals surface area (Å²) < 4.78 is 15.7. The van der Waals surface area contributed by atoms with E-state index in [0.717, 1.165) is 6.20 Å². The standard InChI is InChI=1S/C21H14BrFN6O/c22-18-15(9-26-20-14(8-24)19(25)27-11-28-20)17(12-4-2-1-3-5-12)21(30)29-10-13(23)6-7-16(18)29/h1-7,10-11H,9H2,(H3,25,26,27,28). The summed E-state index contributed by atoms with van der Waals surface area (Å²) >= 11 is 3.57. The van der Waals surface area contributed by atoms with Crippen molar-refractivity contribution >= 4 is 33.1 Å². The Balaban J connectivity index is 1.92. The Bertz CT molecular complexity index is 1360. The van der Waals surface area contributed by atoms with Crippen molar-refractivity contribution in [3.63, 3.8) is 0 Å². The third-order valence-corrected chi connectivity index (χ3v) is 5.50. The van der Waals surface area contributed by atoms with Gasteiger partial charge in [-0.3, -0.25) is 9.20 Å². The van der Waals surface area contributed by atoms with Crippen molar-refractivity contribution < 1.29 is 4.39 Å². The molecule has 0 aliphatic heterocycles. The maximum atomic E-state index is 13.8. The first kappa shape index (κ1) is 19.5. The molecule has 0 spiro atoms. The first-order chi connectivity index (χ1) is 14.5. The van der Waals surface area contributed by atoms with Crippen LogP contribution in [-0.4, -0.2) is 14.4 Å². The lowest BCUT2D eigenvalue weighted by molar-refractivity contribution is 0.618. The number of benzene rings is 1. The molecule has 0 unspecified atom stereocenters. The minimum atomic E-state index is -0.517. The normalized spacial score (nSPS) is 10.7. The number of anilines is 2. The van der Waals surface area contributed by atoms with Crippen molar-refractivity contribution in [2.75, 3.05) is 11.1 Å². The van der Waals surface area contributed by atoms with Crippen molar-refractivity contribution in [1.29, 1.82) is 5.26 Å². The molecule has 0 aliphatic rings. The van der Waals surface area contributed by atoms with Crippen LogP contribution in [0.2, 0.25) is 0 Å². The van der Waals surface area contributed by atoms with Gasteiger partial charge in [0, 0.05) is 22.8 Å². The highest BCUT2D eigenvalue weighted by Gasteiger charge is 2.19. The van der Waals surface area contributed by atoms with Crippen molar-refractivity contribution in [3.8, 4) is 17.2 Å². The number of fused-ring (bicyclic) bond motifs is 1. The van der Waals surface area contributed by atoms with Gasteiger partial charge < -0.3 is 11.1 Å². The molecular weight excluding hydrogens is 451 g/mol. The van der Waals surface area contributed by atoms with Gasteiger partial charge in [-0.2, -0.15) is 5.26 Å². The van der Waals surface area contributed by atoms with Gasteiger partial charge in [0.25, 0.3) is 5.56 Å². The number of hydrogen-bond donors (Lipinski definition) is 2. The summed E-state index contributed by atoms with van der Waals surface area (Å²) in [7, 11) is 0. The molecule has 30 heavy (non-hydrogen) atoms. The zero-order valence-electron chi connectivity index (χ0n) is 15.4. The number of aromatic nitrogens is 3. The van der Waals surface area contributed by atoms with E-state index >= 15 is 0 Å². The first-order valence-electron chi connectivity index (χ1n) is 8.83. The van der Waals surface area contributed by atoms with E-state index in [4.69, 9.17) is 5.73 Å². The molecule has 3 heterocycles. The summed E-state index contributed by atoms with van der Waals surface area (Å²) in [5, 5.41) is 12.4. The molecule has 1 aromatic carbocycles. The zero-order chi connectivity index (χ0) is 21.3. The maximum Gasteiger partial charge on any atom is 0.263 e. The summed E-state index contributed by atoms with van der Waals surface area (Å²) in [6, 6.07) is 13.9. The minimum Gasteiger partial charge on any atom is -0.382 e. The summed E-state index contributed by atoms with van der Waals surface area (Å²) in [6.45, 7) is 0.166. The summed E-state index contributed by atoms with van der Waals surface area (Å²) in [6.07, 6.45) is 2.41. The van der Waals surface area contributed by atoms with Gasteiger partial charge in [-0.15, -0.1) is 0 Å². The number of nitrogens with zero attached hydrogens (tertiary/aromatic N) is 4.